The van der Waals surface area contributed by atoms with Crippen molar-refractivity contribution in [1.82, 2.24) is 0 Å². The fourth-order valence-corrected chi connectivity index (χ4v) is 3.55. The van der Waals surface area contributed by atoms with Gasteiger partial charge in [-0.3, -0.25) is 0 Å². The van der Waals surface area contributed by atoms with E-state index in [4.69, 9.17) is 11.6 Å². The van der Waals surface area contributed by atoms with Crippen LogP contribution in [0.1, 0.15) is 30.2 Å². The average molecular weight is 345 g/mol. The molecule has 1 aromatic carbocycles. The topological polar surface area (TPSA) is 12.0 Å². The number of benzene rings is 1. The molecule has 0 saturated heterocycles. The molecule has 0 fully saturated rings. The maximum atomic E-state index is 6.04. The van der Waals surface area contributed by atoms with E-state index in [1.54, 1.807) is 11.3 Å². The van der Waals surface area contributed by atoms with E-state index in [1.807, 2.05) is 0 Å². The molecular formula is C14H15BrClNS. The molecule has 1 aromatic heterocycles. The van der Waals surface area contributed by atoms with Gasteiger partial charge in [0, 0.05) is 21.6 Å². The van der Waals surface area contributed by atoms with Gasteiger partial charge in [0.2, 0.25) is 0 Å². The van der Waals surface area contributed by atoms with Gasteiger partial charge in [0.15, 0.2) is 0 Å². The van der Waals surface area contributed by atoms with Crippen molar-refractivity contribution in [1.29, 1.82) is 0 Å². The zero-order valence-corrected chi connectivity index (χ0v) is 13.5. The average Bonchev–Trinajstić information content (AvgIpc) is 2.66. The summed E-state index contributed by atoms with van der Waals surface area (Å²) < 4.78 is 1.78. The summed E-state index contributed by atoms with van der Waals surface area (Å²) in [5.41, 5.74) is 2.55. The van der Waals surface area contributed by atoms with Crippen molar-refractivity contribution in [2.24, 2.45) is 0 Å². The lowest BCUT2D eigenvalue weighted by Gasteiger charge is -2.13. The van der Waals surface area contributed by atoms with E-state index < -0.39 is 0 Å². The van der Waals surface area contributed by atoms with E-state index in [-0.39, 0.29) is 0 Å². The molecule has 4 heteroatoms. The summed E-state index contributed by atoms with van der Waals surface area (Å²) in [5.74, 6) is 0.521. The summed E-state index contributed by atoms with van der Waals surface area (Å²) in [6.45, 7) is 5.22. The lowest BCUT2D eigenvalue weighted by molar-refractivity contribution is 0.866. The maximum absolute atomic E-state index is 6.04. The van der Waals surface area contributed by atoms with Gasteiger partial charge in [-0.2, -0.15) is 0 Å². The van der Waals surface area contributed by atoms with Gasteiger partial charge in [0.25, 0.3) is 0 Å². The molecule has 0 aliphatic carbocycles. The van der Waals surface area contributed by atoms with Crippen molar-refractivity contribution < 1.29 is 0 Å². The number of rotatable bonds is 4. The fourth-order valence-electron chi connectivity index (χ4n) is 1.82. The van der Waals surface area contributed by atoms with Crippen LogP contribution in [0, 0.1) is 0 Å². The Bertz CT molecular complexity index is 517. The molecule has 0 aliphatic heterocycles. The van der Waals surface area contributed by atoms with Crippen molar-refractivity contribution in [3.05, 3.63) is 49.6 Å². The molecule has 0 saturated carbocycles. The highest BCUT2D eigenvalue weighted by atomic mass is 79.9. The molecule has 2 rings (SSSR count). The Labute approximate surface area is 125 Å². The summed E-state index contributed by atoms with van der Waals surface area (Å²) in [6, 6.07) is 10.5. The lowest BCUT2D eigenvalue weighted by atomic mass is 10.0. The zero-order chi connectivity index (χ0) is 13.1. The first-order chi connectivity index (χ1) is 8.58. The third-order valence-corrected chi connectivity index (χ3v) is 5.21. The molecule has 0 unspecified atom stereocenters. The molecule has 0 atom stereocenters. The van der Waals surface area contributed by atoms with Crippen LogP contribution in [0.15, 0.2) is 34.8 Å². The molecule has 0 spiro atoms. The van der Waals surface area contributed by atoms with E-state index in [0.717, 1.165) is 15.4 Å². The molecule has 1 N–H and O–H groups in total. The van der Waals surface area contributed by atoms with Crippen LogP contribution in [-0.4, -0.2) is 0 Å². The van der Waals surface area contributed by atoms with Crippen LogP contribution in [0.2, 0.25) is 4.34 Å². The number of hydrogen-bond acceptors (Lipinski definition) is 2. The van der Waals surface area contributed by atoms with Gasteiger partial charge in [-0.15, -0.1) is 11.3 Å². The molecule has 96 valence electrons. The van der Waals surface area contributed by atoms with E-state index in [1.165, 1.54) is 16.1 Å². The summed E-state index contributed by atoms with van der Waals surface area (Å²) in [7, 11) is 0. The number of nitrogens with one attached hydrogen (secondary N) is 1. The Morgan fingerprint density at radius 3 is 2.67 bits per heavy atom. The van der Waals surface area contributed by atoms with E-state index in [0.29, 0.717) is 5.92 Å². The molecule has 2 aromatic rings. The first-order valence-electron chi connectivity index (χ1n) is 5.84. The van der Waals surface area contributed by atoms with Gasteiger partial charge in [-0.1, -0.05) is 43.6 Å². The van der Waals surface area contributed by atoms with Crippen LogP contribution in [0.5, 0.6) is 0 Å². The number of halogens is 2. The number of anilines is 1. The number of hydrogen-bond donors (Lipinski definition) is 1. The molecule has 18 heavy (non-hydrogen) atoms. The summed E-state index contributed by atoms with van der Waals surface area (Å²) >= 11 is 11.1. The van der Waals surface area contributed by atoms with Gasteiger partial charge < -0.3 is 5.32 Å². The first-order valence-corrected chi connectivity index (χ1v) is 7.83. The molecule has 1 nitrogen and oxygen atoms in total. The molecule has 1 heterocycles. The predicted octanol–water partition coefficient (Wildman–Crippen LogP) is 5.90. The first kappa shape index (κ1) is 13.9. The molecule has 0 aliphatic rings. The van der Waals surface area contributed by atoms with Crippen LogP contribution in [0.25, 0.3) is 0 Å². The number of para-hydroxylation sites is 1. The Kier molecular flexibility index (Phi) is 4.71. The zero-order valence-electron chi connectivity index (χ0n) is 10.3. The van der Waals surface area contributed by atoms with E-state index in [2.05, 4.69) is 65.4 Å². The maximum Gasteiger partial charge on any atom is 0.107 e. The van der Waals surface area contributed by atoms with Gasteiger partial charge in [-0.25, -0.2) is 0 Å². The Morgan fingerprint density at radius 2 is 2.06 bits per heavy atom. The van der Waals surface area contributed by atoms with E-state index >= 15 is 0 Å². The van der Waals surface area contributed by atoms with Crippen LogP contribution >= 0.6 is 38.9 Å². The largest absolute Gasteiger partial charge is 0.380 e. The lowest BCUT2D eigenvalue weighted by Crippen LogP contribution is -2.01. The normalized spacial score (nSPS) is 10.9. The Hall–Kier alpha value is -0.510. The van der Waals surface area contributed by atoms with Gasteiger partial charge >= 0.3 is 0 Å². The van der Waals surface area contributed by atoms with Crippen molar-refractivity contribution in [2.75, 3.05) is 5.32 Å². The second-order valence-electron chi connectivity index (χ2n) is 4.43. The van der Waals surface area contributed by atoms with Crippen LogP contribution in [0.3, 0.4) is 0 Å². The number of thiophene rings is 1. The van der Waals surface area contributed by atoms with Crippen molar-refractivity contribution >= 4 is 44.6 Å². The van der Waals surface area contributed by atoms with E-state index in [9.17, 15) is 0 Å². The van der Waals surface area contributed by atoms with Crippen LogP contribution in [-0.2, 0) is 6.54 Å². The highest BCUT2D eigenvalue weighted by Gasteiger charge is 2.07. The van der Waals surface area contributed by atoms with Gasteiger partial charge in [0.05, 0.1) is 0 Å². The monoisotopic (exact) mass is 343 g/mol. The molecule has 0 radical (unpaired) electrons. The Morgan fingerprint density at radius 1 is 1.33 bits per heavy atom. The summed E-state index contributed by atoms with van der Waals surface area (Å²) in [5, 5.41) is 3.48. The smallest absolute Gasteiger partial charge is 0.107 e. The van der Waals surface area contributed by atoms with Gasteiger partial charge in [-0.05, 0) is 39.5 Å². The van der Waals surface area contributed by atoms with Gasteiger partial charge in [0.1, 0.15) is 4.34 Å². The highest BCUT2D eigenvalue weighted by molar-refractivity contribution is 9.10. The SMILES string of the molecule is CC(C)c1ccccc1NCc1cc(Br)c(Cl)s1. The van der Waals surface area contributed by atoms with Crippen LogP contribution in [0.4, 0.5) is 5.69 Å². The quantitative estimate of drug-likeness (QED) is 0.728. The second kappa shape index (κ2) is 6.09. The minimum Gasteiger partial charge on any atom is -0.380 e. The van der Waals surface area contributed by atoms with Crippen molar-refractivity contribution in [3.8, 4) is 0 Å². The standard InChI is InChI=1S/C14H15BrClNS/c1-9(2)11-5-3-4-6-13(11)17-8-10-7-12(15)14(16)18-10/h3-7,9,17H,8H2,1-2H3. The third kappa shape index (κ3) is 3.28. The van der Waals surface area contributed by atoms with Crippen molar-refractivity contribution in [2.45, 2.75) is 26.3 Å². The molecule has 0 bridgehead atoms. The predicted molar refractivity (Wildman–Crippen MR) is 84.9 cm³/mol. The highest BCUT2D eigenvalue weighted by Crippen LogP contribution is 2.32. The van der Waals surface area contributed by atoms with Crippen molar-refractivity contribution in [3.63, 3.8) is 0 Å². The summed E-state index contributed by atoms with van der Waals surface area (Å²) in [6.07, 6.45) is 0. The summed E-state index contributed by atoms with van der Waals surface area (Å²) in [4.78, 5) is 1.23. The minimum absolute atomic E-state index is 0.521. The fraction of sp³-hybridized carbons (Fsp3) is 0.286. The van der Waals surface area contributed by atoms with Crippen LogP contribution < -0.4 is 5.32 Å². The minimum atomic E-state index is 0.521. The second-order valence-corrected chi connectivity index (χ2v) is 7.02. The Balaban J connectivity index is 2.10. The molecule has 0 amide bonds. The third-order valence-electron chi connectivity index (χ3n) is 2.73. The molecular weight excluding hydrogens is 330 g/mol.